The fourth-order valence-corrected chi connectivity index (χ4v) is 4.59. The zero-order chi connectivity index (χ0) is 23.8. The van der Waals surface area contributed by atoms with E-state index in [2.05, 4.69) is 9.97 Å². The summed E-state index contributed by atoms with van der Waals surface area (Å²) in [6.45, 7) is 4.89. The van der Waals surface area contributed by atoms with Crippen LogP contribution in [0.15, 0.2) is 42.7 Å². The lowest BCUT2D eigenvalue weighted by Gasteiger charge is -2.24. The van der Waals surface area contributed by atoms with Crippen molar-refractivity contribution in [1.29, 1.82) is 0 Å². The van der Waals surface area contributed by atoms with Gasteiger partial charge in [-0.05, 0) is 38.1 Å². The van der Waals surface area contributed by atoms with Crippen molar-refractivity contribution >= 4 is 22.8 Å². The third-order valence-electron chi connectivity index (χ3n) is 5.52. The fourth-order valence-electron chi connectivity index (χ4n) is 3.70. The van der Waals surface area contributed by atoms with Crippen LogP contribution in [0.1, 0.15) is 45.0 Å². The first-order chi connectivity index (χ1) is 15.7. The number of nitrogens with zero attached hydrogens (tertiary/aromatic N) is 3. The molecule has 6 nitrogen and oxygen atoms in total. The van der Waals surface area contributed by atoms with Crippen LogP contribution in [0.5, 0.6) is 5.75 Å². The molecule has 1 N–H and O–H groups in total. The van der Waals surface area contributed by atoms with E-state index in [1.165, 1.54) is 29.5 Å². The number of pyridine rings is 1. The quantitative estimate of drug-likeness (QED) is 0.374. The van der Waals surface area contributed by atoms with Gasteiger partial charge in [-0.15, -0.1) is 11.3 Å². The number of fused-ring (bicyclic) bond motifs is 1. The minimum atomic E-state index is -0.830. The topological polar surface area (TPSA) is 76.7 Å². The highest BCUT2D eigenvalue weighted by atomic mass is 32.1. The molecule has 3 heterocycles. The van der Waals surface area contributed by atoms with Crippen LogP contribution in [0.25, 0.3) is 5.65 Å². The smallest absolute Gasteiger partial charge is 0.182 e. The number of benzene rings is 1. The van der Waals surface area contributed by atoms with Gasteiger partial charge < -0.3 is 9.84 Å². The highest BCUT2D eigenvalue weighted by Crippen LogP contribution is 2.33. The number of thiazole rings is 1. The second-order valence-corrected chi connectivity index (χ2v) is 9.43. The Morgan fingerprint density at radius 3 is 2.58 bits per heavy atom. The standard InChI is InChI=1S/C24H23F2N3O3S/c1-14-11-27-23(33-14)24(3,13-30)10-19(31)21-15(2)28-22-20(8-5-9-29(21)22)32-12-16-17(25)6-4-7-18(16)26/h4-9,11,30H,10,12-13H2,1-3H3/t24-/m0/s1. The van der Waals surface area contributed by atoms with E-state index in [1.54, 1.807) is 42.8 Å². The maximum absolute atomic E-state index is 14.0. The summed E-state index contributed by atoms with van der Waals surface area (Å²) in [5.41, 5.74) is 0.204. The van der Waals surface area contributed by atoms with Crippen molar-refractivity contribution in [2.45, 2.75) is 39.2 Å². The number of aromatic nitrogens is 3. The average Bonchev–Trinajstić information content (AvgIpc) is 3.36. The van der Waals surface area contributed by atoms with E-state index in [-0.39, 0.29) is 31.0 Å². The predicted octanol–water partition coefficient (Wildman–Crippen LogP) is 4.79. The van der Waals surface area contributed by atoms with Crippen LogP contribution in [-0.2, 0) is 12.0 Å². The molecule has 0 unspecified atom stereocenters. The third-order valence-corrected chi connectivity index (χ3v) is 6.74. The monoisotopic (exact) mass is 471 g/mol. The number of ether oxygens (including phenoxy) is 1. The largest absolute Gasteiger partial charge is 0.485 e. The Morgan fingerprint density at radius 1 is 1.21 bits per heavy atom. The van der Waals surface area contributed by atoms with Crippen LogP contribution in [0.4, 0.5) is 8.78 Å². The van der Waals surface area contributed by atoms with Gasteiger partial charge in [0.2, 0.25) is 0 Å². The van der Waals surface area contributed by atoms with E-state index in [0.717, 1.165) is 4.88 Å². The Morgan fingerprint density at radius 2 is 1.94 bits per heavy atom. The van der Waals surface area contributed by atoms with Crippen LogP contribution in [0, 0.1) is 25.5 Å². The SMILES string of the molecule is Cc1cnc([C@](C)(CO)CC(=O)c2c(C)nc3c(OCc4c(F)cccc4F)cccn23)s1. The molecule has 0 bridgehead atoms. The molecule has 0 saturated heterocycles. The van der Waals surface area contributed by atoms with Gasteiger partial charge in [0.25, 0.3) is 0 Å². The van der Waals surface area contributed by atoms with Crippen molar-refractivity contribution < 1.29 is 23.4 Å². The van der Waals surface area contributed by atoms with Gasteiger partial charge in [-0.3, -0.25) is 9.20 Å². The molecule has 0 spiro atoms. The molecule has 0 aliphatic carbocycles. The number of carbonyl (C=O) groups excluding carboxylic acids is 1. The number of aliphatic hydroxyl groups excluding tert-OH is 1. The number of hydrogen-bond donors (Lipinski definition) is 1. The zero-order valence-electron chi connectivity index (χ0n) is 18.4. The maximum Gasteiger partial charge on any atom is 0.182 e. The summed E-state index contributed by atoms with van der Waals surface area (Å²) in [5, 5.41) is 10.7. The van der Waals surface area contributed by atoms with Crippen molar-refractivity contribution in [3.05, 3.63) is 81.2 Å². The van der Waals surface area contributed by atoms with Crippen molar-refractivity contribution in [2.24, 2.45) is 0 Å². The first-order valence-corrected chi connectivity index (χ1v) is 11.2. The summed E-state index contributed by atoms with van der Waals surface area (Å²) < 4.78 is 35.2. The van der Waals surface area contributed by atoms with E-state index in [4.69, 9.17) is 4.74 Å². The predicted molar refractivity (Wildman–Crippen MR) is 121 cm³/mol. The Balaban J connectivity index is 1.64. The number of ketones is 1. The number of aliphatic hydroxyl groups is 1. The molecule has 4 rings (SSSR count). The second kappa shape index (κ2) is 8.99. The van der Waals surface area contributed by atoms with Crippen molar-refractivity contribution in [3.63, 3.8) is 0 Å². The molecule has 33 heavy (non-hydrogen) atoms. The lowest BCUT2D eigenvalue weighted by Crippen LogP contribution is -2.30. The summed E-state index contributed by atoms with van der Waals surface area (Å²) >= 11 is 1.45. The van der Waals surface area contributed by atoms with E-state index in [0.29, 0.717) is 27.8 Å². The van der Waals surface area contributed by atoms with E-state index in [1.807, 2.05) is 6.92 Å². The summed E-state index contributed by atoms with van der Waals surface area (Å²) in [4.78, 5) is 23.2. The molecule has 0 saturated carbocycles. The van der Waals surface area contributed by atoms with Crippen LogP contribution in [0.3, 0.4) is 0 Å². The summed E-state index contributed by atoms with van der Waals surface area (Å²) in [7, 11) is 0. The number of rotatable bonds is 8. The van der Waals surface area contributed by atoms with Gasteiger partial charge in [0.05, 0.1) is 17.9 Å². The highest BCUT2D eigenvalue weighted by molar-refractivity contribution is 7.11. The zero-order valence-corrected chi connectivity index (χ0v) is 19.2. The van der Waals surface area contributed by atoms with Gasteiger partial charge in [0.1, 0.15) is 28.9 Å². The number of halogens is 2. The first kappa shape index (κ1) is 23.0. The lowest BCUT2D eigenvalue weighted by atomic mass is 9.85. The van der Waals surface area contributed by atoms with Crippen molar-refractivity contribution in [2.75, 3.05) is 6.61 Å². The Bertz CT molecular complexity index is 1310. The number of carbonyl (C=O) groups is 1. The number of hydrogen-bond acceptors (Lipinski definition) is 6. The van der Waals surface area contributed by atoms with Crippen LogP contribution < -0.4 is 4.74 Å². The molecule has 0 amide bonds. The van der Waals surface area contributed by atoms with E-state index < -0.39 is 17.0 Å². The molecule has 172 valence electrons. The molecule has 4 aromatic rings. The first-order valence-electron chi connectivity index (χ1n) is 10.3. The third kappa shape index (κ3) is 4.38. The molecule has 9 heteroatoms. The molecule has 0 aliphatic rings. The Kier molecular flexibility index (Phi) is 6.27. The Hall–Kier alpha value is -3.17. The maximum atomic E-state index is 14.0. The van der Waals surface area contributed by atoms with Gasteiger partial charge >= 0.3 is 0 Å². The summed E-state index contributed by atoms with van der Waals surface area (Å²) in [6.07, 6.45) is 3.44. The second-order valence-electron chi connectivity index (χ2n) is 8.20. The average molecular weight is 472 g/mol. The molecule has 1 aromatic carbocycles. The van der Waals surface area contributed by atoms with Crippen molar-refractivity contribution in [1.82, 2.24) is 14.4 Å². The van der Waals surface area contributed by atoms with Gasteiger partial charge in [0.15, 0.2) is 17.2 Å². The van der Waals surface area contributed by atoms with Gasteiger partial charge in [-0.1, -0.05) is 13.0 Å². The normalized spacial score (nSPS) is 13.3. The molecule has 0 fully saturated rings. The molecular weight excluding hydrogens is 448 g/mol. The van der Waals surface area contributed by atoms with Crippen LogP contribution in [-0.4, -0.2) is 31.9 Å². The lowest BCUT2D eigenvalue weighted by molar-refractivity contribution is 0.0912. The van der Waals surface area contributed by atoms with Crippen molar-refractivity contribution in [3.8, 4) is 5.75 Å². The Labute approximate surface area is 193 Å². The molecule has 0 radical (unpaired) electrons. The number of aryl methyl sites for hydroxylation is 2. The van der Waals surface area contributed by atoms with E-state index in [9.17, 15) is 18.7 Å². The van der Waals surface area contributed by atoms with Gasteiger partial charge in [-0.25, -0.2) is 18.7 Å². The van der Waals surface area contributed by atoms with Gasteiger partial charge in [0, 0.05) is 29.1 Å². The molecule has 1 atom stereocenters. The minimum Gasteiger partial charge on any atom is -0.485 e. The summed E-state index contributed by atoms with van der Waals surface area (Å²) in [6, 6.07) is 6.93. The van der Waals surface area contributed by atoms with Crippen LogP contribution in [0.2, 0.25) is 0 Å². The molecule has 3 aromatic heterocycles. The number of imidazole rings is 1. The minimum absolute atomic E-state index is 0.0383. The van der Waals surface area contributed by atoms with E-state index >= 15 is 0 Å². The van der Waals surface area contributed by atoms with Gasteiger partial charge in [-0.2, -0.15) is 0 Å². The molecular formula is C24H23F2N3O3S. The highest BCUT2D eigenvalue weighted by Gasteiger charge is 2.34. The van der Waals surface area contributed by atoms with Crippen LogP contribution >= 0.6 is 11.3 Å². The fraction of sp³-hybridized carbons (Fsp3) is 0.292. The summed E-state index contributed by atoms with van der Waals surface area (Å²) in [5.74, 6) is -1.31. The molecule has 0 aliphatic heterocycles. The number of Topliss-reactive ketones (excluding diaryl/α,β-unsaturated/α-hetero) is 1.